The fourth-order valence-corrected chi connectivity index (χ4v) is 2.83. The lowest BCUT2D eigenvalue weighted by molar-refractivity contribution is 0.0983. The molecule has 1 saturated heterocycles. The van der Waals surface area contributed by atoms with Crippen LogP contribution in [0.5, 0.6) is 0 Å². The largest absolute Gasteiger partial charge is 0.368 e. The molecule has 4 rings (SSSR count). The van der Waals surface area contributed by atoms with Crippen molar-refractivity contribution in [1.82, 2.24) is 19.5 Å². The molecule has 21 heavy (non-hydrogen) atoms. The number of hydrogen-bond donors (Lipinski definition) is 1. The number of rotatable bonds is 4. The van der Waals surface area contributed by atoms with Crippen molar-refractivity contribution in [3.8, 4) is 0 Å². The number of ether oxygens (including phenoxy) is 1. The summed E-state index contributed by atoms with van der Waals surface area (Å²) in [5, 5.41) is 3.50. The summed E-state index contributed by atoms with van der Waals surface area (Å²) in [6.45, 7) is 0.746. The number of hydrogen-bond acceptors (Lipinski definition) is 5. The molecule has 2 fully saturated rings. The van der Waals surface area contributed by atoms with Crippen LogP contribution in [0.4, 0.5) is 5.82 Å². The predicted octanol–water partition coefficient (Wildman–Crippen LogP) is 2.03. The maximum atomic E-state index is 5.86. The van der Waals surface area contributed by atoms with Gasteiger partial charge in [0.1, 0.15) is 23.6 Å². The van der Waals surface area contributed by atoms with Crippen molar-refractivity contribution < 1.29 is 4.74 Å². The Morgan fingerprint density at radius 2 is 2.14 bits per heavy atom. The molecular formula is C15H19N5O. The van der Waals surface area contributed by atoms with Gasteiger partial charge >= 0.3 is 0 Å². The van der Waals surface area contributed by atoms with Crippen LogP contribution in [0.15, 0.2) is 24.7 Å². The third kappa shape index (κ3) is 2.51. The Kier molecular flexibility index (Phi) is 3.11. The molecule has 6 nitrogen and oxygen atoms in total. The Bertz CT molecular complexity index is 636. The summed E-state index contributed by atoms with van der Waals surface area (Å²) < 4.78 is 7.88. The molecule has 110 valence electrons. The molecule has 0 radical (unpaired) electrons. The van der Waals surface area contributed by atoms with Crippen molar-refractivity contribution in [2.75, 3.05) is 11.9 Å². The Hall–Kier alpha value is -1.95. The molecule has 2 aromatic heterocycles. The van der Waals surface area contributed by atoms with Gasteiger partial charge in [-0.3, -0.25) is 0 Å². The molecule has 0 spiro atoms. The van der Waals surface area contributed by atoms with Gasteiger partial charge in [0.15, 0.2) is 0 Å². The highest BCUT2D eigenvalue weighted by Gasteiger charge is 2.33. The zero-order chi connectivity index (χ0) is 14.2. The van der Waals surface area contributed by atoms with Gasteiger partial charge in [-0.05, 0) is 25.3 Å². The number of anilines is 1. The van der Waals surface area contributed by atoms with Crippen molar-refractivity contribution in [1.29, 1.82) is 0 Å². The summed E-state index contributed by atoms with van der Waals surface area (Å²) in [7, 11) is 2.00. The van der Waals surface area contributed by atoms with E-state index in [-0.39, 0.29) is 12.1 Å². The summed E-state index contributed by atoms with van der Waals surface area (Å²) in [4.78, 5) is 13.4. The Morgan fingerprint density at radius 3 is 2.90 bits per heavy atom. The average molecular weight is 285 g/mol. The number of imidazole rings is 1. The average Bonchev–Trinajstić information content (AvgIpc) is 3.12. The first-order chi connectivity index (χ1) is 10.3. The maximum Gasteiger partial charge on any atom is 0.139 e. The lowest BCUT2D eigenvalue weighted by atomic mass is 10.1. The first-order valence-corrected chi connectivity index (χ1v) is 7.49. The van der Waals surface area contributed by atoms with E-state index in [1.54, 1.807) is 0 Å². The standard InChI is InChI=1S/C15H19N5O/c1-20-8-7-17-15(20)13-11(5-9-21-13)18-12-4-6-16-14(19-12)10-2-3-10/h4,6-8,10-11,13H,2-3,5,9H2,1H3,(H,16,18,19)/t11-,13-/m0/s1. The van der Waals surface area contributed by atoms with E-state index < -0.39 is 0 Å². The zero-order valence-corrected chi connectivity index (χ0v) is 12.1. The van der Waals surface area contributed by atoms with E-state index in [9.17, 15) is 0 Å². The van der Waals surface area contributed by atoms with Crippen LogP contribution in [0.25, 0.3) is 0 Å². The number of aromatic nitrogens is 4. The van der Waals surface area contributed by atoms with E-state index in [0.29, 0.717) is 5.92 Å². The third-order valence-corrected chi connectivity index (χ3v) is 4.15. The number of aryl methyl sites for hydroxylation is 1. The van der Waals surface area contributed by atoms with Crippen LogP contribution in [0.1, 0.15) is 42.9 Å². The van der Waals surface area contributed by atoms with Gasteiger partial charge in [-0.15, -0.1) is 0 Å². The lowest BCUT2D eigenvalue weighted by Gasteiger charge is -2.20. The van der Waals surface area contributed by atoms with E-state index in [1.165, 1.54) is 12.8 Å². The van der Waals surface area contributed by atoms with Gasteiger partial charge in [-0.2, -0.15) is 0 Å². The Balaban J connectivity index is 1.53. The van der Waals surface area contributed by atoms with E-state index in [2.05, 4.69) is 20.3 Å². The summed E-state index contributed by atoms with van der Waals surface area (Å²) in [5.41, 5.74) is 0. The van der Waals surface area contributed by atoms with E-state index in [4.69, 9.17) is 4.74 Å². The summed E-state index contributed by atoms with van der Waals surface area (Å²) in [6.07, 6.45) is 8.96. The lowest BCUT2D eigenvalue weighted by Crippen LogP contribution is -2.25. The maximum absolute atomic E-state index is 5.86. The van der Waals surface area contributed by atoms with Gasteiger partial charge in [0.25, 0.3) is 0 Å². The minimum absolute atomic E-state index is 0.0238. The predicted molar refractivity (Wildman–Crippen MR) is 77.9 cm³/mol. The second-order valence-corrected chi connectivity index (χ2v) is 5.80. The fourth-order valence-electron chi connectivity index (χ4n) is 2.83. The van der Waals surface area contributed by atoms with Crippen LogP contribution in [0.2, 0.25) is 0 Å². The molecular weight excluding hydrogens is 266 g/mol. The molecule has 0 aromatic carbocycles. The normalized spacial score (nSPS) is 25.2. The molecule has 1 aliphatic carbocycles. The zero-order valence-electron chi connectivity index (χ0n) is 12.1. The van der Waals surface area contributed by atoms with Crippen molar-refractivity contribution in [3.05, 3.63) is 36.3 Å². The summed E-state index contributed by atoms with van der Waals surface area (Å²) in [6, 6.07) is 2.13. The van der Waals surface area contributed by atoms with Gasteiger partial charge in [-0.25, -0.2) is 15.0 Å². The van der Waals surface area contributed by atoms with Gasteiger partial charge in [0.2, 0.25) is 0 Å². The van der Waals surface area contributed by atoms with Gasteiger partial charge in [-0.1, -0.05) is 0 Å². The summed E-state index contributed by atoms with van der Waals surface area (Å²) in [5.74, 6) is 3.38. The molecule has 2 atom stereocenters. The monoisotopic (exact) mass is 285 g/mol. The molecule has 0 bridgehead atoms. The summed E-state index contributed by atoms with van der Waals surface area (Å²) >= 11 is 0. The van der Waals surface area contributed by atoms with Crippen molar-refractivity contribution >= 4 is 5.82 Å². The molecule has 0 amide bonds. The SMILES string of the molecule is Cn1ccnc1[C@H]1OCC[C@@H]1Nc1ccnc(C2CC2)n1. The molecule has 1 N–H and O–H groups in total. The van der Waals surface area contributed by atoms with Crippen molar-refractivity contribution in [2.24, 2.45) is 7.05 Å². The van der Waals surface area contributed by atoms with Crippen molar-refractivity contribution in [3.63, 3.8) is 0 Å². The molecule has 2 aromatic rings. The second-order valence-electron chi connectivity index (χ2n) is 5.80. The van der Waals surface area contributed by atoms with E-state index >= 15 is 0 Å². The van der Waals surface area contributed by atoms with Crippen LogP contribution in [0.3, 0.4) is 0 Å². The molecule has 1 saturated carbocycles. The Morgan fingerprint density at radius 1 is 1.24 bits per heavy atom. The van der Waals surface area contributed by atoms with Crippen LogP contribution in [-0.2, 0) is 11.8 Å². The van der Waals surface area contributed by atoms with E-state index in [1.807, 2.05) is 36.3 Å². The van der Waals surface area contributed by atoms with Crippen LogP contribution in [0, 0.1) is 0 Å². The van der Waals surface area contributed by atoms with Crippen LogP contribution in [-0.4, -0.2) is 32.2 Å². The second kappa shape index (κ2) is 5.11. The smallest absolute Gasteiger partial charge is 0.139 e. The third-order valence-electron chi connectivity index (χ3n) is 4.15. The Labute approximate surface area is 123 Å². The van der Waals surface area contributed by atoms with Gasteiger partial charge in [0, 0.05) is 38.2 Å². The highest BCUT2D eigenvalue weighted by molar-refractivity contribution is 5.36. The molecule has 2 aliphatic rings. The molecule has 6 heteroatoms. The first-order valence-electron chi connectivity index (χ1n) is 7.49. The highest BCUT2D eigenvalue weighted by Crippen LogP contribution is 2.38. The molecule has 0 unspecified atom stereocenters. The van der Waals surface area contributed by atoms with Crippen molar-refractivity contribution in [2.45, 2.75) is 37.3 Å². The quantitative estimate of drug-likeness (QED) is 0.931. The van der Waals surface area contributed by atoms with Crippen LogP contribution < -0.4 is 5.32 Å². The van der Waals surface area contributed by atoms with E-state index in [0.717, 1.165) is 30.5 Å². The highest BCUT2D eigenvalue weighted by atomic mass is 16.5. The minimum Gasteiger partial charge on any atom is -0.368 e. The van der Waals surface area contributed by atoms with Gasteiger partial charge < -0.3 is 14.6 Å². The fraction of sp³-hybridized carbons (Fsp3) is 0.533. The number of nitrogens with zero attached hydrogens (tertiary/aromatic N) is 4. The topological polar surface area (TPSA) is 64.9 Å². The molecule has 1 aliphatic heterocycles. The number of nitrogens with one attached hydrogen (secondary N) is 1. The first kappa shape index (κ1) is 12.8. The van der Waals surface area contributed by atoms with Gasteiger partial charge in [0.05, 0.1) is 6.04 Å². The van der Waals surface area contributed by atoms with Crippen LogP contribution >= 0.6 is 0 Å². The molecule has 3 heterocycles. The minimum atomic E-state index is -0.0238.